The van der Waals surface area contributed by atoms with Crippen molar-refractivity contribution >= 4 is 17.6 Å². The number of alkyl halides is 3. The van der Waals surface area contributed by atoms with Gasteiger partial charge in [0, 0.05) is 23.9 Å². The second-order valence-corrected chi connectivity index (χ2v) is 11.2. The van der Waals surface area contributed by atoms with Gasteiger partial charge in [0.2, 0.25) is 0 Å². The first kappa shape index (κ1) is 28.4. The molecule has 3 heterocycles. The van der Waals surface area contributed by atoms with E-state index in [4.69, 9.17) is 18.9 Å². The van der Waals surface area contributed by atoms with Crippen LogP contribution in [0.15, 0.2) is 36.7 Å². The summed E-state index contributed by atoms with van der Waals surface area (Å²) in [4.78, 5) is 30.5. The Bertz CT molecular complexity index is 1460. The van der Waals surface area contributed by atoms with Gasteiger partial charge in [0.05, 0.1) is 32.1 Å². The van der Waals surface area contributed by atoms with Crippen molar-refractivity contribution < 1.29 is 41.7 Å². The zero-order valence-electron chi connectivity index (χ0n) is 23.1. The Morgan fingerprint density at radius 3 is 2.51 bits per heavy atom. The fourth-order valence-corrected chi connectivity index (χ4v) is 4.46. The Morgan fingerprint density at radius 2 is 1.88 bits per heavy atom. The van der Waals surface area contributed by atoms with E-state index >= 15 is 4.39 Å². The molecule has 13 heteroatoms. The molecule has 1 aliphatic heterocycles. The number of methoxy groups -OCH3 is 1. The quantitative estimate of drug-likeness (QED) is 0.389. The number of ether oxygens (including phenoxy) is 4. The van der Waals surface area contributed by atoms with Gasteiger partial charge in [0.1, 0.15) is 40.7 Å². The van der Waals surface area contributed by atoms with Crippen molar-refractivity contribution in [2.45, 2.75) is 57.5 Å². The van der Waals surface area contributed by atoms with Crippen molar-refractivity contribution in [2.24, 2.45) is 0 Å². The normalized spacial score (nSPS) is 16.3. The summed E-state index contributed by atoms with van der Waals surface area (Å²) < 4.78 is 64.3. The average molecular weight is 577 g/mol. The second-order valence-electron chi connectivity index (χ2n) is 11.2. The summed E-state index contributed by atoms with van der Waals surface area (Å²) in [5, 5.41) is 2.77. The minimum atomic E-state index is -3.16. The van der Waals surface area contributed by atoms with Crippen molar-refractivity contribution in [1.29, 1.82) is 0 Å². The Kier molecular flexibility index (Phi) is 7.39. The number of pyridine rings is 1. The number of hydrogen-bond acceptors (Lipinski definition) is 7. The molecule has 10 nitrogen and oxygen atoms in total. The number of carbonyl (C=O) groups is 2. The Hall–Kier alpha value is -4.16. The number of carbonyl (C=O) groups excluding carboxylic acids is 2. The van der Waals surface area contributed by atoms with Crippen LogP contribution < -0.4 is 19.5 Å². The summed E-state index contributed by atoms with van der Waals surface area (Å²) in [6, 6.07) is 6.10. The first-order valence-electron chi connectivity index (χ1n) is 13.1. The third-order valence-corrected chi connectivity index (χ3v) is 6.52. The first-order valence-corrected chi connectivity index (χ1v) is 13.1. The van der Waals surface area contributed by atoms with E-state index in [0.29, 0.717) is 22.7 Å². The molecule has 5 rings (SSSR count). The van der Waals surface area contributed by atoms with Crippen molar-refractivity contribution in [1.82, 2.24) is 19.6 Å². The molecule has 2 fully saturated rings. The lowest BCUT2D eigenvalue weighted by Crippen LogP contribution is -2.64. The number of halogens is 3. The molecule has 2 aromatic heterocycles. The second kappa shape index (κ2) is 10.7. The highest BCUT2D eigenvalue weighted by molar-refractivity contribution is 6.01. The van der Waals surface area contributed by atoms with Crippen LogP contribution in [0.4, 0.5) is 18.0 Å². The van der Waals surface area contributed by atoms with Gasteiger partial charge in [0.25, 0.3) is 5.91 Å². The maximum Gasteiger partial charge on any atom is 0.410 e. The average Bonchev–Trinajstić information content (AvgIpc) is 3.58. The number of benzene rings is 1. The molecule has 0 bridgehead atoms. The van der Waals surface area contributed by atoms with Crippen LogP contribution in [0.1, 0.15) is 44.0 Å². The van der Waals surface area contributed by atoms with Crippen LogP contribution in [-0.4, -0.2) is 77.0 Å². The third kappa shape index (κ3) is 6.44. The molecule has 41 heavy (non-hydrogen) atoms. The van der Waals surface area contributed by atoms with Gasteiger partial charge in [0.15, 0.2) is 5.67 Å². The maximum absolute atomic E-state index is 15.0. The van der Waals surface area contributed by atoms with Gasteiger partial charge in [-0.25, -0.2) is 14.2 Å². The van der Waals surface area contributed by atoms with Gasteiger partial charge in [-0.3, -0.25) is 9.20 Å². The zero-order chi connectivity index (χ0) is 29.5. The number of imidazole rings is 1. The molecule has 3 aromatic rings. The number of likely N-dealkylation sites (tertiary alicyclic amines) is 1. The molecule has 0 atom stereocenters. The van der Waals surface area contributed by atoms with Crippen LogP contribution in [0.2, 0.25) is 0 Å². The van der Waals surface area contributed by atoms with Crippen molar-refractivity contribution in [2.75, 3.05) is 26.8 Å². The van der Waals surface area contributed by atoms with E-state index in [2.05, 4.69) is 10.3 Å². The highest BCUT2D eigenvalue weighted by atomic mass is 19.3. The molecular formula is C28H31F3N4O6. The molecule has 1 N–H and O–H groups in total. The summed E-state index contributed by atoms with van der Waals surface area (Å²) in [5.74, 6) is -0.455. The predicted molar refractivity (Wildman–Crippen MR) is 141 cm³/mol. The van der Waals surface area contributed by atoms with Crippen molar-refractivity contribution in [3.05, 3.63) is 42.2 Å². The standard InChI is InChI=1S/C28H31F3N4O6/c1-27(2,3)41-26(37)34-13-28(31,14-34)15-39-18-7-8-35-19(12-32-22(35)11-18)16-9-20(38-4)23(21(10-16)40-25(29)30)24(36)33-17-5-6-17/h7-12,17,25H,5-6,13-15H2,1-4H3,(H,33,36). The monoisotopic (exact) mass is 576 g/mol. The minimum absolute atomic E-state index is 0.00181. The number of hydrogen-bond donors (Lipinski definition) is 1. The molecule has 1 aromatic carbocycles. The molecule has 2 amide bonds. The fraction of sp³-hybridized carbons (Fsp3) is 0.464. The Morgan fingerprint density at radius 1 is 1.17 bits per heavy atom. The molecule has 1 aliphatic carbocycles. The topological polar surface area (TPSA) is 104 Å². The Balaban J connectivity index is 1.32. The van der Waals surface area contributed by atoms with E-state index in [1.807, 2.05) is 0 Å². The number of nitrogens with one attached hydrogen (secondary N) is 1. The summed E-state index contributed by atoms with van der Waals surface area (Å²) in [6.07, 6.45) is 4.22. The summed E-state index contributed by atoms with van der Waals surface area (Å²) in [5.41, 5.74) is -1.13. The molecule has 220 valence electrons. The minimum Gasteiger partial charge on any atom is -0.496 e. The van der Waals surface area contributed by atoms with E-state index in [0.717, 1.165) is 12.8 Å². The van der Waals surface area contributed by atoms with Crippen molar-refractivity contribution in [3.8, 4) is 28.5 Å². The van der Waals surface area contributed by atoms with Gasteiger partial charge in [-0.1, -0.05) is 0 Å². The predicted octanol–water partition coefficient (Wildman–Crippen LogP) is 4.84. The van der Waals surface area contributed by atoms with Crippen LogP contribution >= 0.6 is 0 Å². The van der Waals surface area contributed by atoms with Crippen molar-refractivity contribution in [3.63, 3.8) is 0 Å². The van der Waals surface area contributed by atoms with Gasteiger partial charge in [-0.15, -0.1) is 0 Å². The molecule has 1 saturated carbocycles. The largest absolute Gasteiger partial charge is 0.496 e. The van der Waals surface area contributed by atoms with E-state index in [1.54, 1.807) is 49.6 Å². The molecule has 1 saturated heterocycles. The highest BCUT2D eigenvalue weighted by Gasteiger charge is 2.48. The Labute approximate surface area is 234 Å². The van der Waals surface area contributed by atoms with Gasteiger partial charge in [-0.05, 0) is 51.8 Å². The number of aromatic nitrogens is 2. The lowest BCUT2D eigenvalue weighted by atomic mass is 9.98. The van der Waals surface area contributed by atoms with Crippen LogP contribution in [-0.2, 0) is 4.74 Å². The van der Waals surface area contributed by atoms with E-state index in [9.17, 15) is 18.4 Å². The summed E-state index contributed by atoms with van der Waals surface area (Å²) in [7, 11) is 1.34. The number of fused-ring (bicyclic) bond motifs is 1. The lowest BCUT2D eigenvalue weighted by Gasteiger charge is -2.43. The number of nitrogens with zero attached hydrogens (tertiary/aromatic N) is 3. The van der Waals surface area contributed by atoms with Gasteiger partial charge >= 0.3 is 12.7 Å². The molecule has 2 aliphatic rings. The number of rotatable bonds is 9. The summed E-state index contributed by atoms with van der Waals surface area (Å²) >= 11 is 0. The lowest BCUT2D eigenvalue weighted by molar-refractivity contribution is -0.0685. The molecule has 0 radical (unpaired) electrons. The van der Waals surface area contributed by atoms with Crippen LogP contribution in [0.25, 0.3) is 16.9 Å². The molecular weight excluding hydrogens is 545 g/mol. The fourth-order valence-electron chi connectivity index (χ4n) is 4.46. The smallest absolute Gasteiger partial charge is 0.410 e. The SMILES string of the molecule is COc1cc(-c2cnc3cc(OCC4(F)CN(C(=O)OC(C)(C)C)C4)ccn23)cc(OC(F)F)c1C(=O)NC1CC1. The molecule has 0 spiro atoms. The van der Waals surface area contributed by atoms with E-state index < -0.39 is 29.9 Å². The van der Waals surface area contributed by atoms with E-state index in [1.165, 1.54) is 24.3 Å². The van der Waals surface area contributed by atoms with Crippen LogP contribution in [0, 0.1) is 0 Å². The van der Waals surface area contributed by atoms with Crippen LogP contribution in [0.3, 0.4) is 0 Å². The third-order valence-electron chi connectivity index (χ3n) is 6.52. The van der Waals surface area contributed by atoms with Crippen LogP contribution in [0.5, 0.6) is 17.2 Å². The highest BCUT2D eigenvalue weighted by Crippen LogP contribution is 2.37. The van der Waals surface area contributed by atoms with E-state index in [-0.39, 0.29) is 42.8 Å². The summed E-state index contributed by atoms with van der Waals surface area (Å²) in [6.45, 7) is 1.51. The van der Waals surface area contributed by atoms with Gasteiger partial charge in [-0.2, -0.15) is 8.78 Å². The first-order chi connectivity index (χ1) is 19.3. The van der Waals surface area contributed by atoms with Gasteiger partial charge < -0.3 is 29.2 Å². The molecule has 0 unspecified atom stereocenters. The zero-order valence-corrected chi connectivity index (χ0v) is 23.1. The number of amides is 2. The maximum atomic E-state index is 15.0.